The minimum absolute atomic E-state index is 0.231. The van der Waals surface area contributed by atoms with Crippen LogP contribution in [0.4, 0.5) is 0 Å². The number of aliphatic carboxylic acids is 1. The molecule has 0 spiro atoms. The van der Waals surface area contributed by atoms with E-state index in [1.807, 2.05) is 30.3 Å². The first-order valence-electron chi connectivity index (χ1n) is 5.69. The van der Waals surface area contributed by atoms with E-state index in [4.69, 9.17) is 5.11 Å². The van der Waals surface area contributed by atoms with Gasteiger partial charge in [0.2, 0.25) is 0 Å². The van der Waals surface area contributed by atoms with Gasteiger partial charge in [-0.1, -0.05) is 36.9 Å². The molecule has 0 fully saturated rings. The average molecular weight is 233 g/mol. The van der Waals surface area contributed by atoms with Crippen molar-refractivity contribution >= 4 is 5.97 Å². The molecule has 0 aromatic heterocycles. The molecule has 3 heteroatoms. The van der Waals surface area contributed by atoms with E-state index in [2.05, 4.69) is 25.3 Å². The lowest BCUT2D eigenvalue weighted by Gasteiger charge is -2.26. The number of hydrogen-bond donors (Lipinski definition) is 1. The largest absolute Gasteiger partial charge is 0.478 e. The van der Waals surface area contributed by atoms with Crippen molar-refractivity contribution in [2.75, 3.05) is 6.54 Å². The zero-order valence-electron chi connectivity index (χ0n) is 10.4. The summed E-state index contributed by atoms with van der Waals surface area (Å²) in [5.74, 6) is -0.927. The molecule has 0 aliphatic rings. The van der Waals surface area contributed by atoms with Crippen molar-refractivity contribution in [3.05, 3.63) is 48.0 Å². The molecule has 0 unspecified atom stereocenters. The number of benzene rings is 1. The maximum Gasteiger partial charge on any atom is 0.332 e. The lowest BCUT2D eigenvalue weighted by atomic mass is 10.1. The van der Waals surface area contributed by atoms with Crippen LogP contribution >= 0.6 is 0 Å². The molecule has 0 bridgehead atoms. The third-order valence-corrected chi connectivity index (χ3v) is 2.66. The first-order chi connectivity index (χ1) is 8.00. The van der Waals surface area contributed by atoms with E-state index in [1.54, 1.807) is 0 Å². The number of hydrogen-bond acceptors (Lipinski definition) is 2. The monoisotopic (exact) mass is 233 g/mol. The molecule has 0 saturated carbocycles. The summed E-state index contributed by atoms with van der Waals surface area (Å²) in [6.07, 6.45) is 0. The summed E-state index contributed by atoms with van der Waals surface area (Å²) in [6, 6.07) is 10.3. The standard InChI is InChI=1S/C14H19NO2/c1-11(2)15(9-12(3)14(16)17)10-13-7-5-4-6-8-13/h4-8,11H,3,9-10H2,1-2H3,(H,16,17). The van der Waals surface area contributed by atoms with Crippen molar-refractivity contribution < 1.29 is 9.90 Å². The molecule has 0 heterocycles. The van der Waals surface area contributed by atoms with Crippen LogP contribution in [0.15, 0.2) is 42.5 Å². The summed E-state index contributed by atoms with van der Waals surface area (Å²) in [7, 11) is 0. The van der Waals surface area contributed by atoms with Crippen LogP contribution in [0.3, 0.4) is 0 Å². The molecule has 1 aromatic carbocycles. The first kappa shape index (κ1) is 13.5. The summed E-state index contributed by atoms with van der Waals surface area (Å²) >= 11 is 0. The minimum Gasteiger partial charge on any atom is -0.478 e. The van der Waals surface area contributed by atoms with Gasteiger partial charge in [0.15, 0.2) is 0 Å². The second-order valence-electron chi connectivity index (χ2n) is 4.39. The highest BCUT2D eigenvalue weighted by atomic mass is 16.4. The molecule has 3 nitrogen and oxygen atoms in total. The van der Waals surface area contributed by atoms with Crippen LogP contribution in [0, 0.1) is 0 Å². The molecule has 0 amide bonds. The first-order valence-corrected chi connectivity index (χ1v) is 5.69. The van der Waals surface area contributed by atoms with Gasteiger partial charge in [-0.2, -0.15) is 0 Å². The molecule has 0 aliphatic heterocycles. The van der Waals surface area contributed by atoms with Gasteiger partial charge in [0.1, 0.15) is 0 Å². The molecule has 0 saturated heterocycles. The second-order valence-corrected chi connectivity index (χ2v) is 4.39. The fourth-order valence-corrected chi connectivity index (χ4v) is 1.55. The Morgan fingerprint density at radius 1 is 1.35 bits per heavy atom. The lowest BCUT2D eigenvalue weighted by molar-refractivity contribution is -0.132. The highest BCUT2D eigenvalue weighted by molar-refractivity contribution is 5.86. The SMILES string of the molecule is C=C(CN(Cc1ccccc1)C(C)C)C(=O)O. The Balaban J connectivity index is 2.67. The van der Waals surface area contributed by atoms with E-state index in [0.717, 1.165) is 6.54 Å². The van der Waals surface area contributed by atoms with Crippen molar-refractivity contribution in [1.29, 1.82) is 0 Å². The third-order valence-electron chi connectivity index (χ3n) is 2.66. The van der Waals surface area contributed by atoms with Gasteiger partial charge in [-0.05, 0) is 19.4 Å². The zero-order chi connectivity index (χ0) is 12.8. The second kappa shape index (κ2) is 6.21. The van der Waals surface area contributed by atoms with E-state index >= 15 is 0 Å². The topological polar surface area (TPSA) is 40.5 Å². The number of rotatable bonds is 6. The van der Waals surface area contributed by atoms with Crippen LogP contribution in [0.25, 0.3) is 0 Å². The van der Waals surface area contributed by atoms with Crippen molar-refractivity contribution in [2.45, 2.75) is 26.4 Å². The third kappa shape index (κ3) is 4.41. The normalized spacial score (nSPS) is 10.8. The number of carboxylic acid groups (broad SMARTS) is 1. The van der Waals surface area contributed by atoms with Crippen LogP contribution in [0.5, 0.6) is 0 Å². The molecular weight excluding hydrogens is 214 g/mol. The molecular formula is C14H19NO2. The summed E-state index contributed by atoms with van der Waals surface area (Å²) in [5.41, 5.74) is 1.41. The van der Waals surface area contributed by atoms with Crippen LogP contribution in [0.2, 0.25) is 0 Å². The van der Waals surface area contributed by atoms with Gasteiger partial charge in [0, 0.05) is 24.7 Å². The Kier molecular flexibility index (Phi) is 4.91. The molecule has 0 atom stereocenters. The molecule has 1 rings (SSSR count). The Labute approximate surface area is 102 Å². The predicted molar refractivity (Wildman–Crippen MR) is 68.8 cm³/mol. The molecule has 0 radical (unpaired) electrons. The van der Waals surface area contributed by atoms with Gasteiger partial charge in [-0.3, -0.25) is 4.90 Å². The predicted octanol–water partition coefficient (Wildman–Crippen LogP) is 2.54. The maximum absolute atomic E-state index is 10.8. The fraction of sp³-hybridized carbons (Fsp3) is 0.357. The van der Waals surface area contributed by atoms with Gasteiger partial charge in [0.25, 0.3) is 0 Å². The van der Waals surface area contributed by atoms with Gasteiger partial charge >= 0.3 is 5.97 Å². The van der Waals surface area contributed by atoms with E-state index in [-0.39, 0.29) is 11.6 Å². The van der Waals surface area contributed by atoms with Gasteiger partial charge in [-0.15, -0.1) is 0 Å². The molecule has 92 valence electrons. The molecule has 1 aromatic rings. The smallest absolute Gasteiger partial charge is 0.332 e. The van der Waals surface area contributed by atoms with Gasteiger partial charge < -0.3 is 5.11 Å². The van der Waals surface area contributed by atoms with Gasteiger partial charge in [0.05, 0.1) is 0 Å². The van der Waals surface area contributed by atoms with Crippen LogP contribution in [-0.4, -0.2) is 28.6 Å². The number of nitrogens with zero attached hydrogens (tertiary/aromatic N) is 1. The Hall–Kier alpha value is -1.61. The lowest BCUT2D eigenvalue weighted by Crippen LogP contribution is -2.33. The van der Waals surface area contributed by atoms with E-state index in [0.29, 0.717) is 6.54 Å². The highest BCUT2D eigenvalue weighted by Crippen LogP contribution is 2.10. The quantitative estimate of drug-likeness (QED) is 0.768. The Bertz CT molecular complexity index is 384. The number of carbonyl (C=O) groups is 1. The average Bonchev–Trinajstić information content (AvgIpc) is 2.29. The zero-order valence-corrected chi connectivity index (χ0v) is 10.4. The fourth-order valence-electron chi connectivity index (χ4n) is 1.55. The van der Waals surface area contributed by atoms with Gasteiger partial charge in [-0.25, -0.2) is 4.79 Å². The maximum atomic E-state index is 10.8. The Morgan fingerprint density at radius 3 is 2.41 bits per heavy atom. The summed E-state index contributed by atoms with van der Waals surface area (Å²) in [5, 5.41) is 8.85. The van der Waals surface area contributed by atoms with Crippen LogP contribution < -0.4 is 0 Å². The number of carboxylic acids is 1. The van der Waals surface area contributed by atoms with Crippen molar-refractivity contribution in [1.82, 2.24) is 4.90 Å². The summed E-state index contributed by atoms with van der Waals surface area (Å²) in [4.78, 5) is 12.9. The summed E-state index contributed by atoms with van der Waals surface area (Å²) < 4.78 is 0. The van der Waals surface area contributed by atoms with Crippen molar-refractivity contribution in [3.8, 4) is 0 Å². The van der Waals surface area contributed by atoms with Crippen molar-refractivity contribution in [3.63, 3.8) is 0 Å². The molecule has 17 heavy (non-hydrogen) atoms. The Morgan fingerprint density at radius 2 is 1.94 bits per heavy atom. The van der Waals surface area contributed by atoms with E-state index < -0.39 is 5.97 Å². The summed E-state index contributed by atoms with van der Waals surface area (Å²) in [6.45, 7) is 8.82. The van der Waals surface area contributed by atoms with E-state index in [1.165, 1.54) is 5.56 Å². The van der Waals surface area contributed by atoms with E-state index in [9.17, 15) is 4.79 Å². The molecule has 1 N–H and O–H groups in total. The molecule has 0 aliphatic carbocycles. The van der Waals surface area contributed by atoms with Crippen LogP contribution in [0.1, 0.15) is 19.4 Å². The minimum atomic E-state index is -0.927. The van der Waals surface area contributed by atoms with Crippen LogP contribution in [-0.2, 0) is 11.3 Å². The van der Waals surface area contributed by atoms with Crippen molar-refractivity contribution in [2.24, 2.45) is 0 Å². The highest BCUT2D eigenvalue weighted by Gasteiger charge is 2.14.